The number of rotatable bonds is 5. The molecule has 1 fully saturated rings. The van der Waals surface area contributed by atoms with Gasteiger partial charge in [-0.1, -0.05) is 6.92 Å². The van der Waals surface area contributed by atoms with Gasteiger partial charge in [0.2, 0.25) is 0 Å². The summed E-state index contributed by atoms with van der Waals surface area (Å²) in [4.78, 5) is 18.5. The number of nitrogens with zero attached hydrogens (tertiary/aromatic N) is 2. The molecular weight excluding hydrogens is 266 g/mol. The molecule has 2 N–H and O–H groups in total. The highest BCUT2D eigenvalue weighted by atomic mass is 16.3. The van der Waals surface area contributed by atoms with Crippen molar-refractivity contribution >= 4 is 11.6 Å². The van der Waals surface area contributed by atoms with Gasteiger partial charge in [-0.3, -0.25) is 9.78 Å². The minimum Gasteiger partial charge on any atom is -0.393 e. The van der Waals surface area contributed by atoms with Gasteiger partial charge >= 0.3 is 0 Å². The topological polar surface area (TPSA) is 65.5 Å². The van der Waals surface area contributed by atoms with Crippen LogP contribution in [0.15, 0.2) is 18.3 Å². The molecule has 1 atom stereocenters. The Bertz CT molecular complexity index is 468. The molecule has 1 amide bonds. The fourth-order valence-corrected chi connectivity index (χ4v) is 2.67. The Hall–Kier alpha value is -1.62. The van der Waals surface area contributed by atoms with Crippen molar-refractivity contribution in [2.24, 2.45) is 5.92 Å². The Morgan fingerprint density at radius 2 is 2.24 bits per heavy atom. The maximum absolute atomic E-state index is 12.5. The van der Waals surface area contributed by atoms with Crippen LogP contribution in [0.2, 0.25) is 0 Å². The number of aliphatic hydroxyl groups excluding tert-OH is 1. The molecule has 1 aromatic heterocycles. The van der Waals surface area contributed by atoms with Gasteiger partial charge in [0.05, 0.1) is 6.10 Å². The molecule has 0 aliphatic carbocycles. The van der Waals surface area contributed by atoms with Crippen molar-refractivity contribution in [2.75, 3.05) is 25.0 Å². The van der Waals surface area contributed by atoms with Crippen molar-refractivity contribution in [3.63, 3.8) is 0 Å². The Morgan fingerprint density at radius 3 is 2.86 bits per heavy atom. The van der Waals surface area contributed by atoms with Gasteiger partial charge in [-0.15, -0.1) is 0 Å². The summed E-state index contributed by atoms with van der Waals surface area (Å²) < 4.78 is 0. The zero-order chi connectivity index (χ0) is 15.2. The van der Waals surface area contributed by atoms with E-state index < -0.39 is 0 Å². The molecule has 5 nitrogen and oxygen atoms in total. The number of anilines is 1. The summed E-state index contributed by atoms with van der Waals surface area (Å²) in [5, 5.41) is 12.9. The second-order valence-corrected chi connectivity index (χ2v) is 5.73. The van der Waals surface area contributed by atoms with E-state index >= 15 is 0 Å². The Balaban J connectivity index is 1.97. The summed E-state index contributed by atoms with van der Waals surface area (Å²) in [6, 6.07) is 3.70. The van der Waals surface area contributed by atoms with Gasteiger partial charge in [0.1, 0.15) is 5.69 Å². The average molecular weight is 291 g/mol. The number of nitrogens with one attached hydrogen (secondary N) is 1. The van der Waals surface area contributed by atoms with Gasteiger partial charge in [0.15, 0.2) is 0 Å². The maximum atomic E-state index is 12.5. The molecule has 0 bridgehead atoms. The molecule has 0 spiro atoms. The fraction of sp³-hybridized carbons (Fsp3) is 0.625. The summed E-state index contributed by atoms with van der Waals surface area (Å²) in [5.74, 6) is 0.291. The van der Waals surface area contributed by atoms with Gasteiger partial charge < -0.3 is 15.3 Å². The van der Waals surface area contributed by atoms with Crippen LogP contribution in [0, 0.1) is 5.92 Å². The van der Waals surface area contributed by atoms with E-state index in [1.54, 1.807) is 6.20 Å². The highest BCUT2D eigenvalue weighted by Gasteiger charge is 2.26. The quantitative estimate of drug-likeness (QED) is 0.872. The minimum atomic E-state index is -0.290. The fourth-order valence-electron chi connectivity index (χ4n) is 2.67. The van der Waals surface area contributed by atoms with Gasteiger partial charge in [-0.25, -0.2) is 0 Å². The number of carbonyl (C=O) groups is 1. The predicted molar refractivity (Wildman–Crippen MR) is 83.3 cm³/mol. The minimum absolute atomic E-state index is 0.0146. The SMILES string of the molecule is CCCNc1ccnc(C(=O)N2CCC(C(C)O)CC2)c1. The number of aromatic nitrogens is 1. The maximum Gasteiger partial charge on any atom is 0.272 e. The lowest BCUT2D eigenvalue weighted by Crippen LogP contribution is -2.41. The van der Waals surface area contributed by atoms with Gasteiger partial charge in [0.25, 0.3) is 5.91 Å². The molecule has 2 rings (SSSR count). The molecule has 2 heterocycles. The first-order valence-electron chi connectivity index (χ1n) is 7.79. The lowest BCUT2D eigenvalue weighted by atomic mass is 9.92. The first kappa shape index (κ1) is 15.8. The Morgan fingerprint density at radius 1 is 1.52 bits per heavy atom. The molecule has 0 radical (unpaired) electrons. The van der Waals surface area contributed by atoms with E-state index in [1.165, 1.54) is 0 Å². The van der Waals surface area contributed by atoms with E-state index in [0.717, 1.165) is 31.5 Å². The molecule has 0 saturated carbocycles. The summed E-state index contributed by atoms with van der Waals surface area (Å²) in [5.41, 5.74) is 1.43. The number of amides is 1. The lowest BCUT2D eigenvalue weighted by molar-refractivity contribution is 0.0517. The third kappa shape index (κ3) is 4.17. The van der Waals surface area contributed by atoms with Crippen LogP contribution in [0.4, 0.5) is 5.69 Å². The van der Waals surface area contributed by atoms with Crippen LogP contribution in [0.3, 0.4) is 0 Å². The summed E-state index contributed by atoms with van der Waals surface area (Å²) in [7, 11) is 0. The third-order valence-electron chi connectivity index (χ3n) is 4.07. The van der Waals surface area contributed by atoms with E-state index in [0.29, 0.717) is 24.7 Å². The Kier molecular flexibility index (Phi) is 5.56. The molecule has 1 aromatic rings. The zero-order valence-corrected chi connectivity index (χ0v) is 12.9. The van der Waals surface area contributed by atoms with Gasteiger partial charge in [0, 0.05) is 31.5 Å². The first-order chi connectivity index (χ1) is 10.1. The predicted octanol–water partition coefficient (Wildman–Crippen LogP) is 2.14. The number of hydrogen-bond donors (Lipinski definition) is 2. The van der Waals surface area contributed by atoms with Crippen LogP contribution in [-0.4, -0.2) is 46.6 Å². The van der Waals surface area contributed by atoms with Crippen LogP contribution >= 0.6 is 0 Å². The van der Waals surface area contributed by atoms with E-state index in [2.05, 4.69) is 17.2 Å². The van der Waals surface area contributed by atoms with E-state index in [-0.39, 0.29) is 12.0 Å². The molecule has 21 heavy (non-hydrogen) atoms. The summed E-state index contributed by atoms with van der Waals surface area (Å²) >= 11 is 0. The number of aliphatic hydroxyl groups is 1. The van der Waals surface area contributed by atoms with Crippen molar-refractivity contribution in [1.82, 2.24) is 9.88 Å². The molecular formula is C16H25N3O2. The number of hydrogen-bond acceptors (Lipinski definition) is 4. The van der Waals surface area contributed by atoms with Gasteiger partial charge in [-0.2, -0.15) is 0 Å². The first-order valence-corrected chi connectivity index (χ1v) is 7.79. The monoisotopic (exact) mass is 291 g/mol. The van der Waals surface area contributed by atoms with Crippen molar-refractivity contribution < 1.29 is 9.90 Å². The van der Waals surface area contributed by atoms with Crippen molar-refractivity contribution in [1.29, 1.82) is 0 Å². The van der Waals surface area contributed by atoms with E-state index in [4.69, 9.17) is 0 Å². The molecule has 5 heteroatoms. The van der Waals surface area contributed by atoms with Crippen LogP contribution in [0.1, 0.15) is 43.6 Å². The molecule has 0 aromatic carbocycles. The third-order valence-corrected chi connectivity index (χ3v) is 4.07. The van der Waals surface area contributed by atoms with Crippen LogP contribution in [0.5, 0.6) is 0 Å². The largest absolute Gasteiger partial charge is 0.393 e. The highest BCUT2D eigenvalue weighted by Crippen LogP contribution is 2.22. The highest BCUT2D eigenvalue weighted by molar-refractivity contribution is 5.93. The second kappa shape index (κ2) is 7.41. The van der Waals surface area contributed by atoms with Crippen molar-refractivity contribution in [2.45, 2.75) is 39.2 Å². The standard InChI is InChI=1S/C16H25N3O2/c1-3-7-17-14-4-8-18-15(11-14)16(21)19-9-5-13(6-10-19)12(2)20/h4,8,11-13,20H,3,5-7,9-10H2,1-2H3,(H,17,18). The van der Waals surface area contributed by atoms with Crippen LogP contribution in [-0.2, 0) is 0 Å². The van der Waals surface area contributed by atoms with Crippen molar-refractivity contribution in [3.05, 3.63) is 24.0 Å². The number of piperidine rings is 1. The summed E-state index contributed by atoms with van der Waals surface area (Å²) in [6.07, 6.45) is 4.14. The zero-order valence-electron chi connectivity index (χ0n) is 12.9. The molecule has 1 aliphatic heterocycles. The number of carbonyl (C=O) groups excluding carboxylic acids is 1. The van der Waals surface area contributed by atoms with Crippen LogP contribution in [0.25, 0.3) is 0 Å². The average Bonchev–Trinajstić information content (AvgIpc) is 2.52. The second-order valence-electron chi connectivity index (χ2n) is 5.73. The lowest BCUT2D eigenvalue weighted by Gasteiger charge is -2.33. The van der Waals surface area contributed by atoms with E-state index in [9.17, 15) is 9.90 Å². The van der Waals surface area contributed by atoms with E-state index in [1.807, 2.05) is 24.0 Å². The number of likely N-dealkylation sites (tertiary alicyclic amines) is 1. The smallest absolute Gasteiger partial charge is 0.272 e. The number of pyridine rings is 1. The van der Waals surface area contributed by atoms with Crippen molar-refractivity contribution in [3.8, 4) is 0 Å². The normalized spacial score (nSPS) is 17.6. The van der Waals surface area contributed by atoms with Gasteiger partial charge in [-0.05, 0) is 44.2 Å². The molecule has 1 aliphatic rings. The molecule has 116 valence electrons. The Labute approximate surface area is 126 Å². The molecule has 1 unspecified atom stereocenters. The summed E-state index contributed by atoms with van der Waals surface area (Å²) in [6.45, 7) is 6.21. The molecule has 1 saturated heterocycles. The van der Waals surface area contributed by atoms with Crippen LogP contribution < -0.4 is 5.32 Å².